The molecule has 3 nitrogen and oxygen atoms in total. The average Bonchev–Trinajstić information content (AvgIpc) is 2.24. The second kappa shape index (κ2) is 10.1. The molecular formula is C13H31N3. The first-order valence-electron chi connectivity index (χ1n) is 6.65. The summed E-state index contributed by atoms with van der Waals surface area (Å²) in [5.41, 5.74) is 0. The summed E-state index contributed by atoms with van der Waals surface area (Å²) in [6.45, 7) is 11.6. The maximum atomic E-state index is 2.43. The van der Waals surface area contributed by atoms with E-state index in [9.17, 15) is 0 Å². The molecule has 0 fully saturated rings. The Morgan fingerprint density at radius 3 is 1.00 bits per heavy atom. The molecule has 3 heteroatoms. The topological polar surface area (TPSA) is 9.72 Å². The molecule has 0 aromatic rings. The van der Waals surface area contributed by atoms with Gasteiger partial charge in [0.15, 0.2) is 0 Å². The molecule has 0 rings (SSSR count). The maximum absolute atomic E-state index is 2.43. The summed E-state index contributed by atoms with van der Waals surface area (Å²) in [5.74, 6) is 0. The molecule has 0 unspecified atom stereocenters. The summed E-state index contributed by atoms with van der Waals surface area (Å²) in [6.07, 6.45) is 2.50. The zero-order valence-corrected chi connectivity index (χ0v) is 12.0. The summed E-state index contributed by atoms with van der Waals surface area (Å²) in [5, 5.41) is 0. The molecular weight excluding hydrogens is 198 g/mol. The van der Waals surface area contributed by atoms with Crippen LogP contribution in [0.5, 0.6) is 0 Å². The van der Waals surface area contributed by atoms with Gasteiger partial charge in [-0.05, 0) is 47.1 Å². The molecule has 0 atom stereocenters. The molecule has 0 aliphatic heterocycles. The van der Waals surface area contributed by atoms with Gasteiger partial charge in [-0.25, -0.2) is 0 Å². The Bertz CT molecular complexity index is 134. The third-order valence-electron chi connectivity index (χ3n) is 2.94. The fourth-order valence-electron chi connectivity index (χ4n) is 1.78. The second-order valence-corrected chi connectivity index (χ2v) is 4.91. The summed E-state index contributed by atoms with van der Waals surface area (Å²) in [7, 11) is 6.64. The minimum Gasteiger partial charge on any atom is -0.305 e. The lowest BCUT2D eigenvalue weighted by Gasteiger charge is -2.24. The monoisotopic (exact) mass is 229 g/mol. The molecule has 0 amide bonds. The Morgan fingerprint density at radius 1 is 0.500 bits per heavy atom. The van der Waals surface area contributed by atoms with Crippen molar-refractivity contribution in [2.45, 2.75) is 26.7 Å². The molecule has 0 N–H and O–H groups in total. The van der Waals surface area contributed by atoms with E-state index in [-0.39, 0.29) is 0 Å². The number of rotatable bonds is 10. The quantitative estimate of drug-likeness (QED) is 0.563. The molecule has 16 heavy (non-hydrogen) atoms. The van der Waals surface area contributed by atoms with Gasteiger partial charge in [-0.15, -0.1) is 0 Å². The summed E-state index contributed by atoms with van der Waals surface area (Å²) in [6, 6.07) is 0. The van der Waals surface area contributed by atoms with Crippen molar-refractivity contribution in [2.75, 3.05) is 60.4 Å². The van der Waals surface area contributed by atoms with E-state index in [1.54, 1.807) is 0 Å². The second-order valence-electron chi connectivity index (χ2n) is 4.91. The van der Waals surface area contributed by atoms with Crippen LogP contribution in [-0.2, 0) is 0 Å². The third-order valence-corrected chi connectivity index (χ3v) is 2.94. The molecule has 0 aromatic carbocycles. The Balaban J connectivity index is 3.46. The molecule has 0 radical (unpaired) electrons. The van der Waals surface area contributed by atoms with Crippen molar-refractivity contribution in [3.8, 4) is 0 Å². The minimum atomic E-state index is 1.18. The van der Waals surface area contributed by atoms with E-state index >= 15 is 0 Å². The molecule has 0 saturated heterocycles. The van der Waals surface area contributed by atoms with Gasteiger partial charge in [0, 0.05) is 26.2 Å². The van der Waals surface area contributed by atoms with E-state index in [4.69, 9.17) is 0 Å². The van der Waals surface area contributed by atoms with Crippen LogP contribution in [-0.4, -0.2) is 75.1 Å². The molecule has 0 aliphatic carbocycles. The van der Waals surface area contributed by atoms with Gasteiger partial charge in [0.2, 0.25) is 0 Å². The van der Waals surface area contributed by atoms with Crippen LogP contribution in [0.3, 0.4) is 0 Å². The van der Waals surface area contributed by atoms with Crippen LogP contribution < -0.4 is 0 Å². The van der Waals surface area contributed by atoms with Crippen LogP contribution in [0.2, 0.25) is 0 Å². The van der Waals surface area contributed by atoms with Gasteiger partial charge in [0.1, 0.15) is 0 Å². The largest absolute Gasteiger partial charge is 0.305 e. The normalized spacial score (nSPS) is 12.0. The van der Waals surface area contributed by atoms with Gasteiger partial charge in [-0.2, -0.15) is 0 Å². The first-order chi connectivity index (χ1) is 7.60. The van der Waals surface area contributed by atoms with Crippen LogP contribution in [0.15, 0.2) is 0 Å². The van der Waals surface area contributed by atoms with Crippen molar-refractivity contribution in [1.29, 1.82) is 0 Å². The molecule has 0 aromatic heterocycles. The van der Waals surface area contributed by atoms with E-state index < -0.39 is 0 Å². The molecule has 0 bridgehead atoms. The van der Waals surface area contributed by atoms with Crippen LogP contribution in [0.4, 0.5) is 0 Å². The third kappa shape index (κ3) is 9.13. The highest BCUT2D eigenvalue weighted by Gasteiger charge is 2.03. The fourth-order valence-corrected chi connectivity index (χ4v) is 1.78. The number of hydrogen-bond acceptors (Lipinski definition) is 3. The molecule has 0 saturated carbocycles. The van der Waals surface area contributed by atoms with Crippen LogP contribution in [0, 0.1) is 0 Å². The summed E-state index contributed by atoms with van der Waals surface area (Å²) >= 11 is 0. The Kier molecular flexibility index (Phi) is 9.99. The van der Waals surface area contributed by atoms with E-state index in [1.807, 2.05) is 0 Å². The van der Waals surface area contributed by atoms with E-state index in [1.165, 1.54) is 52.1 Å². The smallest absolute Gasteiger partial charge is 0.0107 e. The van der Waals surface area contributed by atoms with Gasteiger partial charge in [0.25, 0.3) is 0 Å². The summed E-state index contributed by atoms with van der Waals surface area (Å²) in [4.78, 5) is 7.25. The van der Waals surface area contributed by atoms with Gasteiger partial charge in [0.05, 0.1) is 0 Å². The highest BCUT2D eigenvalue weighted by atomic mass is 15.2. The van der Waals surface area contributed by atoms with Gasteiger partial charge < -0.3 is 14.7 Å². The highest BCUT2D eigenvalue weighted by molar-refractivity contribution is 4.59. The zero-order valence-electron chi connectivity index (χ0n) is 12.0. The first-order valence-corrected chi connectivity index (χ1v) is 6.65. The lowest BCUT2D eigenvalue weighted by Crippen LogP contribution is -2.36. The highest BCUT2D eigenvalue weighted by Crippen LogP contribution is 1.91. The number of nitrogens with zero attached hydrogens (tertiary/aromatic N) is 3. The molecule has 0 aliphatic rings. The first kappa shape index (κ1) is 15.9. The Labute approximate surface area is 102 Å². The molecule has 98 valence electrons. The Hall–Kier alpha value is -0.120. The predicted molar refractivity (Wildman–Crippen MR) is 73.1 cm³/mol. The Morgan fingerprint density at radius 2 is 0.750 bits per heavy atom. The van der Waals surface area contributed by atoms with Crippen LogP contribution in [0.1, 0.15) is 26.7 Å². The van der Waals surface area contributed by atoms with Gasteiger partial charge in [-0.1, -0.05) is 13.8 Å². The standard InChI is InChI=1S/C13H31N3/c1-6-8-14(3)10-12-16(5)13-11-15(4)9-7-2/h6-13H2,1-5H3. The predicted octanol–water partition coefficient (Wildman–Crippen LogP) is 1.60. The van der Waals surface area contributed by atoms with Crippen molar-refractivity contribution in [1.82, 2.24) is 14.7 Å². The minimum absolute atomic E-state index is 1.18. The van der Waals surface area contributed by atoms with Crippen LogP contribution in [0.25, 0.3) is 0 Å². The van der Waals surface area contributed by atoms with Crippen molar-refractivity contribution in [3.63, 3.8) is 0 Å². The van der Waals surface area contributed by atoms with Crippen LogP contribution >= 0.6 is 0 Å². The van der Waals surface area contributed by atoms with E-state index in [2.05, 4.69) is 49.7 Å². The maximum Gasteiger partial charge on any atom is 0.0107 e. The SMILES string of the molecule is CCCN(C)CCN(C)CCN(C)CCC. The fraction of sp³-hybridized carbons (Fsp3) is 1.00. The lowest BCUT2D eigenvalue weighted by molar-refractivity contribution is 0.226. The molecule has 0 spiro atoms. The van der Waals surface area contributed by atoms with E-state index in [0.717, 1.165) is 0 Å². The van der Waals surface area contributed by atoms with E-state index in [0.29, 0.717) is 0 Å². The van der Waals surface area contributed by atoms with Crippen molar-refractivity contribution in [3.05, 3.63) is 0 Å². The van der Waals surface area contributed by atoms with Gasteiger partial charge in [-0.3, -0.25) is 0 Å². The van der Waals surface area contributed by atoms with Crippen molar-refractivity contribution < 1.29 is 0 Å². The lowest BCUT2D eigenvalue weighted by atomic mass is 10.4. The van der Waals surface area contributed by atoms with Crippen molar-refractivity contribution >= 4 is 0 Å². The summed E-state index contributed by atoms with van der Waals surface area (Å²) < 4.78 is 0. The number of likely N-dealkylation sites (N-methyl/N-ethyl adjacent to an activating group) is 3. The number of hydrogen-bond donors (Lipinski definition) is 0. The van der Waals surface area contributed by atoms with Crippen molar-refractivity contribution in [2.24, 2.45) is 0 Å². The molecule has 0 heterocycles. The zero-order chi connectivity index (χ0) is 12.4. The van der Waals surface area contributed by atoms with Gasteiger partial charge >= 0.3 is 0 Å². The average molecular weight is 229 g/mol.